The second kappa shape index (κ2) is 9.68. The van der Waals surface area contributed by atoms with Gasteiger partial charge in [0, 0.05) is 6.42 Å². The van der Waals surface area contributed by atoms with Crippen molar-refractivity contribution in [3.8, 4) is 11.8 Å². The number of hydrogen-bond acceptors (Lipinski definition) is 4. The van der Waals surface area contributed by atoms with Crippen LogP contribution in [0.4, 0.5) is 9.59 Å². The van der Waals surface area contributed by atoms with Crippen molar-refractivity contribution >= 4 is 12.2 Å². The quantitative estimate of drug-likeness (QED) is 0.331. The average Bonchev–Trinajstić information content (AvgIpc) is 2.93. The number of unbranched alkanes of at least 4 members (excludes halogenated alkanes) is 2. The van der Waals surface area contributed by atoms with Crippen molar-refractivity contribution < 1.29 is 19.1 Å². The molecule has 0 aromatic carbocycles. The molecule has 0 aliphatic heterocycles. The fraction of sp³-hybridized carbons (Fsp3) is 0.714. The highest BCUT2D eigenvalue weighted by Crippen LogP contribution is 2.24. The van der Waals surface area contributed by atoms with Gasteiger partial charge < -0.3 is 9.47 Å². The SMILES string of the molecule is CCCCC#C[C@H]1C=CC[C@@H]1N(NC(=O)OC(C)(C)C)C(=O)OC(C)(C)C. The largest absolute Gasteiger partial charge is 0.443 e. The lowest BCUT2D eigenvalue weighted by Crippen LogP contribution is -2.55. The van der Waals surface area contributed by atoms with Gasteiger partial charge in [0.05, 0.1) is 12.0 Å². The summed E-state index contributed by atoms with van der Waals surface area (Å²) in [6.07, 6.45) is 6.15. The van der Waals surface area contributed by atoms with Crippen LogP contribution < -0.4 is 5.43 Å². The Kier molecular flexibility index (Phi) is 8.20. The van der Waals surface area contributed by atoms with Crippen LogP contribution in [-0.2, 0) is 9.47 Å². The van der Waals surface area contributed by atoms with E-state index in [9.17, 15) is 9.59 Å². The maximum Gasteiger partial charge on any atom is 0.429 e. The van der Waals surface area contributed by atoms with Gasteiger partial charge in [0.25, 0.3) is 0 Å². The molecule has 2 atom stereocenters. The van der Waals surface area contributed by atoms with Crippen molar-refractivity contribution in [2.24, 2.45) is 5.92 Å². The molecule has 0 spiro atoms. The molecule has 1 N–H and O–H groups in total. The number of rotatable bonds is 3. The zero-order chi connectivity index (χ0) is 20.7. The minimum absolute atomic E-state index is 0.163. The fourth-order valence-electron chi connectivity index (χ4n) is 2.48. The molecular formula is C21H34N2O4. The van der Waals surface area contributed by atoms with Gasteiger partial charge in [-0.15, -0.1) is 5.92 Å². The lowest BCUT2D eigenvalue weighted by Gasteiger charge is -2.33. The van der Waals surface area contributed by atoms with Crippen molar-refractivity contribution in [2.75, 3.05) is 0 Å². The summed E-state index contributed by atoms with van der Waals surface area (Å²) >= 11 is 0. The van der Waals surface area contributed by atoms with E-state index in [1.165, 1.54) is 5.01 Å². The molecule has 0 radical (unpaired) electrons. The molecule has 6 heteroatoms. The first-order valence-corrected chi connectivity index (χ1v) is 9.60. The van der Waals surface area contributed by atoms with E-state index < -0.39 is 23.4 Å². The highest BCUT2D eigenvalue weighted by Gasteiger charge is 2.36. The molecule has 1 aliphatic rings. The smallest absolute Gasteiger partial charge is 0.429 e. The van der Waals surface area contributed by atoms with Gasteiger partial charge in [0.2, 0.25) is 0 Å². The minimum atomic E-state index is -0.696. The van der Waals surface area contributed by atoms with E-state index in [1.54, 1.807) is 41.5 Å². The van der Waals surface area contributed by atoms with Crippen molar-refractivity contribution in [1.29, 1.82) is 0 Å². The number of carbonyl (C=O) groups is 2. The van der Waals surface area contributed by atoms with Crippen LogP contribution in [0.3, 0.4) is 0 Å². The molecule has 152 valence electrons. The minimum Gasteiger partial charge on any atom is -0.443 e. The van der Waals surface area contributed by atoms with Gasteiger partial charge in [-0.1, -0.05) is 31.4 Å². The second-order valence-electron chi connectivity index (χ2n) is 8.65. The summed E-state index contributed by atoms with van der Waals surface area (Å²) in [5, 5.41) is 1.22. The lowest BCUT2D eigenvalue weighted by molar-refractivity contribution is -0.0108. The molecule has 1 aliphatic carbocycles. The van der Waals surface area contributed by atoms with Crippen LogP contribution >= 0.6 is 0 Å². The summed E-state index contributed by atoms with van der Waals surface area (Å²) in [5.41, 5.74) is 1.21. The van der Waals surface area contributed by atoms with Gasteiger partial charge in [-0.05, 0) is 54.4 Å². The van der Waals surface area contributed by atoms with E-state index >= 15 is 0 Å². The molecule has 0 aromatic rings. The van der Waals surface area contributed by atoms with Crippen molar-refractivity contribution in [3.63, 3.8) is 0 Å². The molecule has 0 bridgehead atoms. The Labute approximate surface area is 163 Å². The van der Waals surface area contributed by atoms with E-state index in [1.807, 2.05) is 12.2 Å². The Balaban J connectivity index is 2.96. The third-order valence-electron chi connectivity index (χ3n) is 3.59. The van der Waals surface area contributed by atoms with Crippen LogP contribution in [0.2, 0.25) is 0 Å². The summed E-state index contributed by atoms with van der Waals surface area (Å²) < 4.78 is 10.8. The lowest BCUT2D eigenvalue weighted by atomic mass is 10.0. The zero-order valence-electron chi connectivity index (χ0n) is 17.7. The summed E-state index contributed by atoms with van der Waals surface area (Å²) in [5.74, 6) is 6.21. The highest BCUT2D eigenvalue weighted by molar-refractivity contribution is 5.75. The van der Waals surface area contributed by atoms with Crippen LogP contribution in [0, 0.1) is 17.8 Å². The number of hydrogen-bond donors (Lipinski definition) is 1. The predicted molar refractivity (Wildman–Crippen MR) is 106 cm³/mol. The molecule has 0 fully saturated rings. The van der Waals surface area contributed by atoms with Crippen LogP contribution in [0.25, 0.3) is 0 Å². The number of hydrazine groups is 1. The Morgan fingerprint density at radius 2 is 1.78 bits per heavy atom. The molecular weight excluding hydrogens is 344 g/mol. The molecule has 6 nitrogen and oxygen atoms in total. The highest BCUT2D eigenvalue weighted by atomic mass is 16.6. The van der Waals surface area contributed by atoms with E-state index in [2.05, 4.69) is 24.2 Å². The molecule has 1 rings (SSSR count). The van der Waals surface area contributed by atoms with Crippen molar-refractivity contribution in [2.45, 2.75) is 91.4 Å². The molecule has 2 amide bonds. The normalized spacial score (nSPS) is 19.1. The molecule has 0 unspecified atom stereocenters. The molecule has 0 saturated heterocycles. The summed E-state index contributed by atoms with van der Waals surface area (Å²) in [7, 11) is 0. The van der Waals surface area contributed by atoms with Crippen molar-refractivity contribution in [1.82, 2.24) is 10.4 Å². The molecule has 0 heterocycles. The maximum atomic E-state index is 12.7. The standard InChI is InChI=1S/C21H34N2O4/c1-8-9-10-11-13-16-14-12-15-17(16)23(19(25)27-21(5,6)7)22-18(24)26-20(2,3)4/h12,14,16-17H,8-10,15H2,1-7H3,(H,22,24)/t16-,17-/m0/s1. The van der Waals surface area contributed by atoms with E-state index in [0.717, 1.165) is 19.3 Å². The molecule has 27 heavy (non-hydrogen) atoms. The van der Waals surface area contributed by atoms with E-state index in [-0.39, 0.29) is 12.0 Å². The summed E-state index contributed by atoms with van der Waals surface area (Å²) in [6.45, 7) is 12.8. The first-order valence-electron chi connectivity index (χ1n) is 9.60. The third-order valence-corrected chi connectivity index (χ3v) is 3.59. The number of amides is 2. The zero-order valence-corrected chi connectivity index (χ0v) is 17.7. The Hall–Kier alpha value is -2.16. The number of carbonyl (C=O) groups excluding carboxylic acids is 2. The Morgan fingerprint density at radius 3 is 2.33 bits per heavy atom. The van der Waals surface area contributed by atoms with Crippen LogP contribution in [0.15, 0.2) is 12.2 Å². The number of nitrogens with zero attached hydrogens (tertiary/aromatic N) is 1. The fourth-order valence-corrected chi connectivity index (χ4v) is 2.48. The van der Waals surface area contributed by atoms with Crippen LogP contribution in [0.1, 0.15) is 74.1 Å². The maximum absolute atomic E-state index is 12.7. The first-order chi connectivity index (χ1) is 12.4. The van der Waals surface area contributed by atoms with Gasteiger partial charge in [-0.25, -0.2) is 20.0 Å². The Bertz CT molecular complexity index is 602. The molecule has 0 saturated carbocycles. The van der Waals surface area contributed by atoms with Gasteiger partial charge in [-0.2, -0.15) is 0 Å². The van der Waals surface area contributed by atoms with Crippen LogP contribution in [-0.4, -0.2) is 34.4 Å². The number of ether oxygens (including phenoxy) is 2. The van der Waals surface area contributed by atoms with Gasteiger partial charge in [-0.3, -0.25) is 0 Å². The summed E-state index contributed by atoms with van der Waals surface area (Å²) in [4.78, 5) is 25.0. The van der Waals surface area contributed by atoms with Crippen LogP contribution in [0.5, 0.6) is 0 Å². The second-order valence-corrected chi connectivity index (χ2v) is 8.65. The Morgan fingerprint density at radius 1 is 1.15 bits per heavy atom. The number of nitrogens with one attached hydrogen (secondary N) is 1. The average molecular weight is 379 g/mol. The topological polar surface area (TPSA) is 67.9 Å². The van der Waals surface area contributed by atoms with Gasteiger partial charge >= 0.3 is 12.2 Å². The van der Waals surface area contributed by atoms with E-state index in [4.69, 9.17) is 9.47 Å². The van der Waals surface area contributed by atoms with E-state index in [0.29, 0.717) is 6.42 Å². The third kappa shape index (κ3) is 8.85. The van der Waals surface area contributed by atoms with Crippen molar-refractivity contribution in [3.05, 3.63) is 12.2 Å². The summed E-state index contributed by atoms with van der Waals surface area (Å²) in [6, 6.07) is -0.332. The predicted octanol–water partition coefficient (Wildman–Crippen LogP) is 4.80. The molecule has 0 aromatic heterocycles. The monoisotopic (exact) mass is 378 g/mol. The van der Waals surface area contributed by atoms with Gasteiger partial charge in [0.15, 0.2) is 0 Å². The van der Waals surface area contributed by atoms with Gasteiger partial charge in [0.1, 0.15) is 11.2 Å². The first kappa shape index (κ1) is 22.9.